The van der Waals surface area contributed by atoms with Crippen molar-refractivity contribution >= 4 is 28.8 Å². The Morgan fingerprint density at radius 1 is 1.12 bits per heavy atom. The van der Waals surface area contributed by atoms with Gasteiger partial charge in [0.25, 0.3) is 5.91 Å². The molecule has 0 saturated heterocycles. The molecule has 10 nitrogen and oxygen atoms in total. The van der Waals surface area contributed by atoms with E-state index in [4.69, 9.17) is 0 Å². The summed E-state index contributed by atoms with van der Waals surface area (Å²) in [6, 6.07) is 8.68. The molecule has 0 fully saturated rings. The highest BCUT2D eigenvalue weighted by molar-refractivity contribution is 5.87. The Hall–Kier alpha value is -3.38. The number of likely N-dealkylation sites (N-methyl/N-ethyl adjacent to an activating group) is 3. The molecule has 3 N–H and O–H groups in total. The summed E-state index contributed by atoms with van der Waals surface area (Å²) in [4.78, 5) is 26.1. The van der Waals surface area contributed by atoms with Crippen LogP contribution in [0.4, 0.5) is 10.1 Å². The molecule has 3 aromatic rings. The summed E-state index contributed by atoms with van der Waals surface area (Å²) in [6.45, 7) is 8.46. The predicted molar refractivity (Wildman–Crippen MR) is 160 cm³/mol. The van der Waals surface area contributed by atoms with Crippen molar-refractivity contribution in [2.45, 2.75) is 26.9 Å². The van der Waals surface area contributed by atoms with E-state index in [1.54, 1.807) is 33.9 Å². The van der Waals surface area contributed by atoms with Crippen LogP contribution in [0, 0.1) is 12.7 Å². The van der Waals surface area contributed by atoms with E-state index < -0.39 is 0 Å². The van der Waals surface area contributed by atoms with Gasteiger partial charge in [0.15, 0.2) is 0 Å². The van der Waals surface area contributed by atoms with Crippen LogP contribution in [-0.2, 0) is 29.7 Å². The second kappa shape index (κ2) is 16.7. The molecule has 1 amide bonds. The Morgan fingerprint density at radius 2 is 1.82 bits per heavy atom. The first kappa shape index (κ1) is 32.8. The van der Waals surface area contributed by atoms with E-state index in [-0.39, 0.29) is 24.8 Å². The van der Waals surface area contributed by atoms with Crippen LogP contribution in [0.5, 0.6) is 0 Å². The third kappa shape index (κ3) is 9.09. The van der Waals surface area contributed by atoms with Crippen LogP contribution in [0.1, 0.15) is 23.6 Å². The molecule has 2 aromatic carbocycles. The SMILES string of the molecule is CCNCCNC.CNC.Cc1cc2cnn(C)c2cc1N(CC=O)CC(=O)N(C)N1Cc2ccc(F)cc2C1. The third-order valence-corrected chi connectivity index (χ3v) is 6.49. The van der Waals surface area contributed by atoms with Gasteiger partial charge < -0.3 is 25.6 Å². The quantitative estimate of drug-likeness (QED) is 0.258. The van der Waals surface area contributed by atoms with Crippen LogP contribution in [-0.4, -0.2) is 92.9 Å². The van der Waals surface area contributed by atoms with E-state index in [1.165, 1.54) is 12.1 Å². The Labute approximate surface area is 237 Å². The van der Waals surface area contributed by atoms with Gasteiger partial charge in [0.2, 0.25) is 0 Å². The maximum Gasteiger partial charge on any atom is 0.256 e. The number of anilines is 1. The molecule has 0 spiro atoms. The fraction of sp³-hybridized carbons (Fsp3) is 0.483. The molecule has 0 bridgehead atoms. The van der Waals surface area contributed by atoms with E-state index >= 15 is 0 Å². The van der Waals surface area contributed by atoms with E-state index in [0.717, 1.165) is 59.2 Å². The lowest BCUT2D eigenvalue weighted by Crippen LogP contribution is -2.46. The zero-order valence-corrected chi connectivity index (χ0v) is 24.9. The Kier molecular flexibility index (Phi) is 13.7. The summed E-state index contributed by atoms with van der Waals surface area (Å²) in [6.07, 6.45) is 2.59. The van der Waals surface area contributed by atoms with Gasteiger partial charge in [-0.25, -0.2) is 9.40 Å². The maximum atomic E-state index is 13.5. The highest BCUT2D eigenvalue weighted by atomic mass is 19.1. The number of rotatable bonds is 10. The first-order chi connectivity index (χ1) is 19.2. The largest absolute Gasteiger partial charge is 0.355 e. The van der Waals surface area contributed by atoms with Gasteiger partial charge >= 0.3 is 0 Å². The Balaban J connectivity index is 0.000000483. The van der Waals surface area contributed by atoms with Crippen molar-refractivity contribution in [2.75, 3.05) is 65.8 Å². The fourth-order valence-corrected chi connectivity index (χ4v) is 4.35. The summed E-state index contributed by atoms with van der Waals surface area (Å²) in [5, 5.41) is 17.7. The molecular weight excluding hydrogens is 511 g/mol. The van der Waals surface area contributed by atoms with Crippen molar-refractivity contribution in [2.24, 2.45) is 7.05 Å². The van der Waals surface area contributed by atoms with Gasteiger partial charge in [-0.15, -0.1) is 0 Å². The number of hydrogen-bond acceptors (Lipinski definition) is 8. The number of amides is 1. The number of fused-ring (bicyclic) bond motifs is 2. The summed E-state index contributed by atoms with van der Waals surface area (Å²) >= 11 is 0. The Morgan fingerprint density at radius 3 is 2.48 bits per heavy atom. The first-order valence-electron chi connectivity index (χ1n) is 13.5. The molecule has 0 saturated carbocycles. The van der Waals surface area contributed by atoms with Crippen LogP contribution in [0.2, 0.25) is 0 Å². The number of carbonyl (C=O) groups excluding carboxylic acids is 2. The van der Waals surface area contributed by atoms with Gasteiger partial charge in [0.1, 0.15) is 12.1 Å². The van der Waals surface area contributed by atoms with Gasteiger partial charge in [-0.2, -0.15) is 5.10 Å². The predicted octanol–water partition coefficient (Wildman–Crippen LogP) is 2.07. The highest BCUT2D eigenvalue weighted by Crippen LogP contribution is 2.27. The number of carbonyl (C=O) groups is 2. The van der Waals surface area contributed by atoms with E-state index in [9.17, 15) is 14.0 Å². The number of aromatic nitrogens is 2. The minimum atomic E-state index is -0.275. The molecule has 0 radical (unpaired) electrons. The van der Waals surface area contributed by atoms with Crippen molar-refractivity contribution in [3.63, 3.8) is 0 Å². The van der Waals surface area contributed by atoms with Crippen molar-refractivity contribution < 1.29 is 14.0 Å². The molecule has 11 heteroatoms. The number of nitrogens with one attached hydrogen (secondary N) is 3. The lowest BCUT2D eigenvalue weighted by Gasteiger charge is -2.31. The monoisotopic (exact) mass is 556 g/mol. The van der Waals surface area contributed by atoms with Crippen molar-refractivity contribution in [3.05, 3.63) is 59.0 Å². The van der Waals surface area contributed by atoms with E-state index in [1.807, 2.05) is 52.3 Å². The number of benzene rings is 2. The van der Waals surface area contributed by atoms with Crippen molar-refractivity contribution in [3.8, 4) is 0 Å². The minimum Gasteiger partial charge on any atom is -0.355 e. The molecule has 1 aromatic heterocycles. The average molecular weight is 557 g/mol. The summed E-state index contributed by atoms with van der Waals surface area (Å²) in [5.74, 6) is -0.419. The van der Waals surface area contributed by atoms with Crippen molar-refractivity contribution in [1.82, 2.24) is 35.7 Å². The van der Waals surface area contributed by atoms with Gasteiger partial charge in [-0.3, -0.25) is 14.5 Å². The standard InChI is InChI=1S/C22H24FN5O2.C5H14N2.C2H7N/c1-15-8-17-11-24-25(2)21(17)10-20(15)27(6-7-29)14-22(30)26(3)28-12-16-4-5-19(23)9-18(16)13-28;1-3-7-5-4-6-2;1-3-2/h4-5,7-11H,6,12-14H2,1-3H3;6-7H,3-5H2,1-2H3;3H,1-2H3. The molecular formula is C29H45FN8O2. The molecule has 0 unspecified atom stereocenters. The molecule has 4 rings (SSSR count). The number of hydrogen-bond donors (Lipinski definition) is 3. The topological polar surface area (TPSA) is 97.8 Å². The number of aldehydes is 1. The summed E-state index contributed by atoms with van der Waals surface area (Å²) in [7, 11) is 9.27. The summed E-state index contributed by atoms with van der Waals surface area (Å²) in [5.41, 5.74) is 4.63. The summed E-state index contributed by atoms with van der Waals surface area (Å²) < 4.78 is 15.3. The zero-order chi connectivity index (χ0) is 29.7. The van der Waals surface area contributed by atoms with Gasteiger partial charge in [0, 0.05) is 51.3 Å². The molecule has 0 aliphatic carbocycles. The van der Waals surface area contributed by atoms with Gasteiger partial charge in [-0.1, -0.05) is 13.0 Å². The minimum absolute atomic E-state index is 0.0562. The molecule has 1 aliphatic heterocycles. The number of halogens is 1. The van der Waals surface area contributed by atoms with Gasteiger partial charge in [-0.05, 0) is 75.6 Å². The van der Waals surface area contributed by atoms with E-state index in [2.05, 4.69) is 28.0 Å². The smallest absolute Gasteiger partial charge is 0.256 e. The van der Waals surface area contributed by atoms with Crippen LogP contribution in [0.25, 0.3) is 10.9 Å². The third-order valence-electron chi connectivity index (χ3n) is 6.49. The molecule has 2 heterocycles. The van der Waals surface area contributed by atoms with E-state index in [0.29, 0.717) is 13.1 Å². The number of hydrazine groups is 1. The lowest BCUT2D eigenvalue weighted by molar-refractivity contribution is -0.145. The second-order valence-electron chi connectivity index (χ2n) is 9.62. The lowest BCUT2D eigenvalue weighted by atomic mass is 10.1. The van der Waals surface area contributed by atoms with Crippen LogP contribution < -0.4 is 20.9 Å². The molecule has 40 heavy (non-hydrogen) atoms. The first-order valence-corrected chi connectivity index (χ1v) is 13.5. The molecule has 0 atom stereocenters. The zero-order valence-electron chi connectivity index (χ0n) is 24.9. The van der Waals surface area contributed by atoms with Gasteiger partial charge in [0.05, 0.1) is 24.8 Å². The fourth-order valence-electron chi connectivity index (χ4n) is 4.35. The maximum absolute atomic E-state index is 13.5. The van der Waals surface area contributed by atoms with Crippen LogP contribution in [0.15, 0.2) is 36.5 Å². The molecule has 220 valence electrons. The number of nitrogens with zero attached hydrogens (tertiary/aromatic N) is 5. The normalized spacial score (nSPS) is 12.2. The Bertz CT molecular complexity index is 1230. The highest BCUT2D eigenvalue weighted by Gasteiger charge is 2.27. The second-order valence-corrected chi connectivity index (χ2v) is 9.62. The van der Waals surface area contributed by atoms with Crippen LogP contribution >= 0.6 is 0 Å². The average Bonchev–Trinajstić information content (AvgIpc) is 3.51. The number of aryl methyl sites for hydroxylation is 2. The van der Waals surface area contributed by atoms with Crippen molar-refractivity contribution in [1.29, 1.82) is 0 Å². The molecule has 1 aliphatic rings. The van der Waals surface area contributed by atoms with Crippen LogP contribution in [0.3, 0.4) is 0 Å².